The van der Waals surface area contributed by atoms with Gasteiger partial charge in [0.25, 0.3) is 0 Å². The zero-order chi connectivity index (χ0) is 23.8. The maximum absolute atomic E-state index is 10.4. The van der Waals surface area contributed by atoms with Crippen LogP contribution in [-0.4, -0.2) is 31.2 Å². The molecule has 0 spiro atoms. The van der Waals surface area contributed by atoms with Crippen molar-refractivity contribution < 1.29 is 5.11 Å². The molecule has 0 atom stereocenters. The number of anilines is 2. The molecule has 2 N–H and O–H groups in total. The van der Waals surface area contributed by atoms with E-state index in [9.17, 15) is 10.4 Å². The maximum atomic E-state index is 10.4. The minimum atomic E-state index is -0.279. The molecule has 3 heterocycles. The van der Waals surface area contributed by atoms with Crippen LogP contribution in [0.1, 0.15) is 62.0 Å². The van der Waals surface area contributed by atoms with E-state index in [1.807, 2.05) is 12.4 Å². The summed E-state index contributed by atoms with van der Waals surface area (Å²) >= 11 is 0. The van der Waals surface area contributed by atoms with Crippen molar-refractivity contribution >= 4 is 22.7 Å². The van der Waals surface area contributed by atoms with Gasteiger partial charge in [-0.05, 0) is 73.6 Å². The van der Waals surface area contributed by atoms with Crippen LogP contribution in [0.3, 0.4) is 0 Å². The van der Waals surface area contributed by atoms with Gasteiger partial charge in [0.15, 0.2) is 0 Å². The quantitative estimate of drug-likeness (QED) is 0.383. The second kappa shape index (κ2) is 8.79. The molecule has 7 heteroatoms. The fourth-order valence-electron chi connectivity index (χ4n) is 5.35. The first-order chi connectivity index (χ1) is 17.2. The fraction of sp³-hybridized carbons (Fsp3) is 0.357. The molecule has 0 unspecified atom stereocenters. The molecule has 35 heavy (non-hydrogen) atoms. The molecule has 7 nitrogen and oxygen atoms in total. The minimum Gasteiger partial charge on any atom is -0.394 e. The summed E-state index contributed by atoms with van der Waals surface area (Å²) in [6, 6.07) is 16.1. The van der Waals surface area contributed by atoms with Crippen LogP contribution >= 0.6 is 0 Å². The largest absolute Gasteiger partial charge is 0.394 e. The number of nitriles is 1. The SMILES string of the molecule is N#Cc1ccnc(Nc2cc(C3CC3)cc(-c3ccc4ncn(C5(CO)CCCCC5)c4c3)n2)c1. The zero-order valence-corrected chi connectivity index (χ0v) is 19.6. The predicted molar refractivity (Wildman–Crippen MR) is 135 cm³/mol. The van der Waals surface area contributed by atoms with Crippen LogP contribution in [-0.2, 0) is 5.54 Å². The van der Waals surface area contributed by atoms with E-state index in [0.717, 1.165) is 53.8 Å². The Morgan fingerprint density at radius 3 is 2.66 bits per heavy atom. The highest BCUT2D eigenvalue weighted by Gasteiger charge is 2.34. The van der Waals surface area contributed by atoms with Crippen molar-refractivity contribution in [3.8, 4) is 17.3 Å². The smallest absolute Gasteiger partial charge is 0.132 e. The number of rotatable bonds is 6. The molecular formula is C28H28N6O. The van der Waals surface area contributed by atoms with Gasteiger partial charge in [0.2, 0.25) is 0 Å². The summed E-state index contributed by atoms with van der Waals surface area (Å²) in [5.74, 6) is 1.88. The van der Waals surface area contributed by atoms with Gasteiger partial charge in [-0.1, -0.05) is 25.3 Å². The van der Waals surface area contributed by atoms with Crippen LogP contribution in [0.15, 0.2) is 55.0 Å². The molecule has 0 saturated heterocycles. The van der Waals surface area contributed by atoms with Gasteiger partial charge in [-0.3, -0.25) is 0 Å². The second-order valence-electron chi connectivity index (χ2n) is 9.87. The van der Waals surface area contributed by atoms with Crippen LogP contribution in [0.25, 0.3) is 22.3 Å². The number of nitrogens with zero attached hydrogens (tertiary/aromatic N) is 5. The number of fused-ring (bicyclic) bond motifs is 1. The van der Waals surface area contributed by atoms with Crippen molar-refractivity contribution in [1.29, 1.82) is 5.26 Å². The number of benzene rings is 1. The van der Waals surface area contributed by atoms with E-state index in [0.29, 0.717) is 17.3 Å². The first-order valence-corrected chi connectivity index (χ1v) is 12.4. The Labute approximate surface area is 204 Å². The molecule has 176 valence electrons. The molecule has 3 aromatic heterocycles. The average molecular weight is 465 g/mol. The van der Waals surface area contributed by atoms with Gasteiger partial charge in [-0.2, -0.15) is 5.26 Å². The van der Waals surface area contributed by atoms with Crippen molar-refractivity contribution in [1.82, 2.24) is 19.5 Å². The van der Waals surface area contributed by atoms with Crippen LogP contribution in [0.4, 0.5) is 11.6 Å². The molecule has 2 saturated carbocycles. The Bertz CT molecular complexity index is 1430. The summed E-state index contributed by atoms with van der Waals surface area (Å²) in [6.45, 7) is 0.126. The van der Waals surface area contributed by atoms with Crippen molar-refractivity contribution in [2.24, 2.45) is 0 Å². The van der Waals surface area contributed by atoms with E-state index in [-0.39, 0.29) is 12.1 Å². The number of nitrogens with one attached hydrogen (secondary N) is 1. The van der Waals surface area contributed by atoms with Gasteiger partial charge in [0, 0.05) is 11.8 Å². The van der Waals surface area contributed by atoms with Gasteiger partial charge in [0.05, 0.1) is 46.8 Å². The van der Waals surface area contributed by atoms with E-state index >= 15 is 0 Å². The van der Waals surface area contributed by atoms with E-state index in [2.05, 4.69) is 50.2 Å². The fourth-order valence-corrected chi connectivity index (χ4v) is 5.35. The van der Waals surface area contributed by atoms with Gasteiger partial charge in [-0.15, -0.1) is 0 Å². The topological polar surface area (TPSA) is 99.7 Å². The van der Waals surface area contributed by atoms with Crippen LogP contribution < -0.4 is 5.32 Å². The molecule has 0 amide bonds. The van der Waals surface area contributed by atoms with E-state index in [4.69, 9.17) is 4.98 Å². The van der Waals surface area contributed by atoms with Crippen molar-refractivity contribution in [3.63, 3.8) is 0 Å². The highest BCUT2D eigenvalue weighted by molar-refractivity contribution is 5.82. The summed E-state index contributed by atoms with van der Waals surface area (Å²) in [4.78, 5) is 13.9. The van der Waals surface area contributed by atoms with Gasteiger partial charge < -0.3 is 15.0 Å². The van der Waals surface area contributed by atoms with Crippen LogP contribution in [0.5, 0.6) is 0 Å². The minimum absolute atomic E-state index is 0.126. The number of aliphatic hydroxyl groups is 1. The molecule has 0 radical (unpaired) electrons. The molecule has 2 aliphatic rings. The highest BCUT2D eigenvalue weighted by Crippen LogP contribution is 2.42. The molecular weight excluding hydrogens is 436 g/mol. The Morgan fingerprint density at radius 2 is 1.89 bits per heavy atom. The molecule has 1 aromatic carbocycles. The van der Waals surface area contributed by atoms with E-state index in [1.54, 1.807) is 18.3 Å². The highest BCUT2D eigenvalue weighted by atomic mass is 16.3. The van der Waals surface area contributed by atoms with Gasteiger partial charge in [0.1, 0.15) is 11.6 Å². The summed E-state index contributed by atoms with van der Waals surface area (Å²) in [5, 5.41) is 22.9. The predicted octanol–water partition coefficient (Wildman–Crippen LogP) is 5.64. The molecule has 0 bridgehead atoms. The molecule has 0 aliphatic heterocycles. The lowest BCUT2D eigenvalue weighted by Crippen LogP contribution is -2.39. The third-order valence-electron chi connectivity index (χ3n) is 7.47. The Morgan fingerprint density at radius 1 is 1.03 bits per heavy atom. The summed E-state index contributed by atoms with van der Waals surface area (Å²) in [7, 11) is 0. The average Bonchev–Trinajstić information content (AvgIpc) is 3.67. The summed E-state index contributed by atoms with van der Waals surface area (Å²) in [5.41, 5.74) is 5.43. The second-order valence-corrected chi connectivity index (χ2v) is 9.87. The Kier molecular flexibility index (Phi) is 5.46. The lowest BCUT2D eigenvalue weighted by atomic mass is 9.82. The molecule has 4 aromatic rings. The van der Waals surface area contributed by atoms with Crippen molar-refractivity contribution in [2.75, 3.05) is 11.9 Å². The first-order valence-electron chi connectivity index (χ1n) is 12.4. The van der Waals surface area contributed by atoms with Crippen LogP contribution in [0.2, 0.25) is 0 Å². The molecule has 2 fully saturated rings. The lowest BCUT2D eigenvalue weighted by molar-refractivity contribution is 0.0941. The maximum Gasteiger partial charge on any atom is 0.132 e. The normalized spacial score (nSPS) is 17.3. The lowest BCUT2D eigenvalue weighted by Gasteiger charge is -2.37. The van der Waals surface area contributed by atoms with E-state index < -0.39 is 0 Å². The number of hydrogen-bond acceptors (Lipinski definition) is 6. The number of aromatic nitrogens is 4. The monoisotopic (exact) mass is 464 g/mol. The number of aliphatic hydroxyl groups excluding tert-OH is 1. The van der Waals surface area contributed by atoms with Crippen molar-refractivity contribution in [2.45, 2.75) is 56.4 Å². The van der Waals surface area contributed by atoms with E-state index in [1.165, 1.54) is 24.8 Å². The standard InChI is InChI=1S/C28H28N6O/c29-16-19-8-11-30-26(12-19)33-27-15-22(20-4-5-20)13-24(32-27)21-6-7-23-25(14-21)34(18-31-23)28(17-35)9-2-1-3-10-28/h6-8,11-15,18,20,35H,1-5,9-10,17H2,(H,30,32,33). The number of imidazole rings is 1. The third kappa shape index (κ3) is 4.15. The summed E-state index contributed by atoms with van der Waals surface area (Å²) in [6.07, 6.45) is 11.3. The number of hydrogen-bond donors (Lipinski definition) is 2. The first kappa shape index (κ1) is 21.8. The van der Waals surface area contributed by atoms with Crippen LogP contribution in [0, 0.1) is 11.3 Å². The molecule has 2 aliphatic carbocycles. The summed E-state index contributed by atoms with van der Waals surface area (Å²) < 4.78 is 2.20. The third-order valence-corrected chi connectivity index (χ3v) is 7.47. The van der Waals surface area contributed by atoms with Gasteiger partial charge >= 0.3 is 0 Å². The Balaban J connectivity index is 1.41. The van der Waals surface area contributed by atoms with Crippen molar-refractivity contribution in [3.05, 3.63) is 66.1 Å². The number of pyridine rings is 2. The molecule has 6 rings (SSSR count). The zero-order valence-electron chi connectivity index (χ0n) is 19.6. The Hall–Kier alpha value is -3.76. The van der Waals surface area contributed by atoms with Gasteiger partial charge in [-0.25, -0.2) is 15.0 Å².